The van der Waals surface area contributed by atoms with E-state index in [9.17, 15) is 9.59 Å². The van der Waals surface area contributed by atoms with E-state index in [0.29, 0.717) is 18.9 Å². The Kier molecular flexibility index (Phi) is 3.23. The molecule has 1 aliphatic heterocycles. The van der Waals surface area contributed by atoms with Crippen LogP contribution in [0.2, 0.25) is 0 Å². The maximum absolute atomic E-state index is 12.2. The summed E-state index contributed by atoms with van der Waals surface area (Å²) in [7, 11) is 0. The monoisotopic (exact) mass is 258 g/mol. The summed E-state index contributed by atoms with van der Waals surface area (Å²) in [5.41, 5.74) is 1.16. The predicted molar refractivity (Wildman–Crippen MR) is 71.2 cm³/mol. The van der Waals surface area contributed by atoms with Gasteiger partial charge in [-0.2, -0.15) is 0 Å². The number of rotatable bonds is 4. The molecule has 4 heteroatoms. The Balaban J connectivity index is 1.68. The molecule has 2 amide bonds. The molecular weight excluding hydrogens is 240 g/mol. The standard InChI is InChI=1S/C15H18N2O2/c18-13-8-12(9-16-13)15(19)17-14(11-6-7-11)10-4-2-1-3-5-10/h1-5,11-12,14H,6-9H2,(H,16,18)(H,17,19). The van der Waals surface area contributed by atoms with Gasteiger partial charge in [-0.25, -0.2) is 0 Å². The summed E-state index contributed by atoms with van der Waals surface area (Å²) in [4.78, 5) is 23.4. The van der Waals surface area contributed by atoms with E-state index in [2.05, 4.69) is 22.8 Å². The zero-order chi connectivity index (χ0) is 13.2. The molecule has 4 nitrogen and oxygen atoms in total. The second kappa shape index (κ2) is 5.03. The Morgan fingerprint density at radius 3 is 2.58 bits per heavy atom. The van der Waals surface area contributed by atoms with Crippen molar-refractivity contribution >= 4 is 11.8 Å². The number of carbonyl (C=O) groups excluding carboxylic acids is 2. The quantitative estimate of drug-likeness (QED) is 0.857. The molecule has 2 aliphatic rings. The highest BCUT2D eigenvalue weighted by atomic mass is 16.2. The van der Waals surface area contributed by atoms with E-state index in [1.165, 1.54) is 12.8 Å². The topological polar surface area (TPSA) is 58.2 Å². The van der Waals surface area contributed by atoms with Crippen molar-refractivity contribution in [3.63, 3.8) is 0 Å². The van der Waals surface area contributed by atoms with Gasteiger partial charge >= 0.3 is 0 Å². The number of nitrogens with one attached hydrogen (secondary N) is 2. The minimum atomic E-state index is -0.211. The van der Waals surface area contributed by atoms with Crippen molar-refractivity contribution in [2.75, 3.05) is 6.54 Å². The molecule has 100 valence electrons. The van der Waals surface area contributed by atoms with Crippen LogP contribution in [0.4, 0.5) is 0 Å². The third-order valence-corrected chi connectivity index (χ3v) is 3.90. The van der Waals surface area contributed by atoms with Crippen LogP contribution < -0.4 is 10.6 Å². The molecule has 1 heterocycles. The number of carbonyl (C=O) groups is 2. The van der Waals surface area contributed by atoms with Crippen LogP contribution in [-0.2, 0) is 9.59 Å². The van der Waals surface area contributed by atoms with Crippen LogP contribution in [-0.4, -0.2) is 18.4 Å². The van der Waals surface area contributed by atoms with E-state index in [1.54, 1.807) is 0 Å². The highest BCUT2D eigenvalue weighted by Crippen LogP contribution is 2.41. The van der Waals surface area contributed by atoms with Gasteiger partial charge in [0.15, 0.2) is 0 Å². The Morgan fingerprint density at radius 1 is 1.26 bits per heavy atom. The molecule has 0 spiro atoms. The number of hydrogen-bond donors (Lipinski definition) is 2. The molecule has 1 aromatic carbocycles. The lowest BCUT2D eigenvalue weighted by Gasteiger charge is -2.20. The Labute approximate surface area is 112 Å². The van der Waals surface area contributed by atoms with Gasteiger partial charge in [-0.3, -0.25) is 9.59 Å². The van der Waals surface area contributed by atoms with Crippen LogP contribution in [0.1, 0.15) is 30.9 Å². The summed E-state index contributed by atoms with van der Waals surface area (Å²) in [6.07, 6.45) is 2.65. The van der Waals surface area contributed by atoms with E-state index >= 15 is 0 Å². The van der Waals surface area contributed by atoms with Gasteiger partial charge in [-0.05, 0) is 24.3 Å². The van der Waals surface area contributed by atoms with Crippen molar-refractivity contribution in [3.05, 3.63) is 35.9 Å². The van der Waals surface area contributed by atoms with E-state index in [-0.39, 0.29) is 23.8 Å². The summed E-state index contributed by atoms with van der Waals surface area (Å²) < 4.78 is 0. The highest BCUT2D eigenvalue weighted by Gasteiger charge is 2.36. The van der Waals surface area contributed by atoms with E-state index in [1.807, 2.05) is 18.2 Å². The third-order valence-electron chi connectivity index (χ3n) is 3.90. The van der Waals surface area contributed by atoms with Gasteiger partial charge in [0.25, 0.3) is 0 Å². The molecule has 0 radical (unpaired) electrons. The highest BCUT2D eigenvalue weighted by molar-refractivity contribution is 5.89. The van der Waals surface area contributed by atoms with Gasteiger partial charge in [-0.15, -0.1) is 0 Å². The fourth-order valence-corrected chi connectivity index (χ4v) is 2.62. The van der Waals surface area contributed by atoms with Crippen LogP contribution >= 0.6 is 0 Å². The maximum atomic E-state index is 12.2. The number of hydrogen-bond acceptors (Lipinski definition) is 2. The van der Waals surface area contributed by atoms with E-state index in [0.717, 1.165) is 5.56 Å². The smallest absolute Gasteiger partial charge is 0.225 e. The van der Waals surface area contributed by atoms with Gasteiger partial charge < -0.3 is 10.6 Å². The molecule has 1 aromatic rings. The molecule has 19 heavy (non-hydrogen) atoms. The van der Waals surface area contributed by atoms with Crippen molar-refractivity contribution < 1.29 is 9.59 Å². The summed E-state index contributed by atoms with van der Waals surface area (Å²) in [6, 6.07) is 10.2. The molecule has 2 atom stereocenters. The Morgan fingerprint density at radius 2 is 2.00 bits per heavy atom. The molecule has 2 fully saturated rings. The van der Waals surface area contributed by atoms with E-state index < -0.39 is 0 Å². The number of benzene rings is 1. The van der Waals surface area contributed by atoms with Crippen LogP contribution in [0.15, 0.2) is 30.3 Å². The first-order valence-electron chi connectivity index (χ1n) is 6.86. The van der Waals surface area contributed by atoms with Crippen LogP contribution in [0.5, 0.6) is 0 Å². The van der Waals surface area contributed by atoms with Crippen LogP contribution in [0.25, 0.3) is 0 Å². The first-order chi connectivity index (χ1) is 9.24. The van der Waals surface area contributed by atoms with E-state index in [4.69, 9.17) is 0 Å². The fraction of sp³-hybridized carbons (Fsp3) is 0.467. The lowest BCUT2D eigenvalue weighted by molar-refractivity contribution is -0.127. The normalized spacial score (nSPS) is 23.8. The van der Waals surface area contributed by atoms with Gasteiger partial charge in [0.05, 0.1) is 12.0 Å². The zero-order valence-corrected chi connectivity index (χ0v) is 10.8. The van der Waals surface area contributed by atoms with Crippen molar-refractivity contribution in [1.82, 2.24) is 10.6 Å². The summed E-state index contributed by atoms with van der Waals surface area (Å²) in [6.45, 7) is 0.469. The van der Waals surface area contributed by atoms with Crippen molar-refractivity contribution in [2.45, 2.75) is 25.3 Å². The fourth-order valence-electron chi connectivity index (χ4n) is 2.62. The lowest BCUT2D eigenvalue weighted by atomic mass is 10.0. The van der Waals surface area contributed by atoms with Gasteiger partial charge in [0, 0.05) is 13.0 Å². The largest absolute Gasteiger partial charge is 0.355 e. The number of amides is 2. The van der Waals surface area contributed by atoms with Crippen molar-refractivity contribution in [3.8, 4) is 0 Å². The molecule has 2 unspecified atom stereocenters. The van der Waals surface area contributed by atoms with Gasteiger partial charge in [0.2, 0.25) is 11.8 Å². The SMILES string of the molecule is O=C1CC(C(=O)NC(c2ccccc2)C2CC2)CN1. The lowest BCUT2D eigenvalue weighted by Crippen LogP contribution is -2.35. The van der Waals surface area contributed by atoms with Crippen molar-refractivity contribution in [2.24, 2.45) is 11.8 Å². The average molecular weight is 258 g/mol. The first kappa shape index (κ1) is 12.2. The zero-order valence-electron chi connectivity index (χ0n) is 10.8. The molecule has 0 bridgehead atoms. The second-order valence-electron chi connectivity index (χ2n) is 5.44. The minimum absolute atomic E-state index is 0.000830. The maximum Gasteiger partial charge on any atom is 0.225 e. The molecular formula is C15H18N2O2. The minimum Gasteiger partial charge on any atom is -0.355 e. The van der Waals surface area contributed by atoms with Crippen molar-refractivity contribution in [1.29, 1.82) is 0 Å². The third kappa shape index (κ3) is 2.78. The molecule has 1 saturated carbocycles. The predicted octanol–water partition coefficient (Wildman–Crippen LogP) is 1.39. The Hall–Kier alpha value is -1.84. The first-order valence-corrected chi connectivity index (χ1v) is 6.86. The average Bonchev–Trinajstić information content (AvgIpc) is 3.18. The second-order valence-corrected chi connectivity index (χ2v) is 5.44. The Bertz CT molecular complexity index is 482. The summed E-state index contributed by atoms with van der Waals surface area (Å²) in [5, 5.41) is 5.84. The molecule has 1 saturated heterocycles. The van der Waals surface area contributed by atoms with Crippen LogP contribution in [0, 0.1) is 11.8 Å². The van der Waals surface area contributed by atoms with Crippen LogP contribution in [0.3, 0.4) is 0 Å². The summed E-state index contributed by atoms with van der Waals surface area (Å²) >= 11 is 0. The summed E-state index contributed by atoms with van der Waals surface area (Å²) in [5.74, 6) is 0.316. The molecule has 2 N–H and O–H groups in total. The molecule has 3 rings (SSSR count). The molecule has 1 aliphatic carbocycles. The van der Waals surface area contributed by atoms with Gasteiger partial charge in [-0.1, -0.05) is 30.3 Å². The van der Waals surface area contributed by atoms with Gasteiger partial charge in [0.1, 0.15) is 0 Å². The molecule has 0 aromatic heterocycles.